The van der Waals surface area contributed by atoms with Gasteiger partial charge in [0.15, 0.2) is 0 Å². The number of hydrogen-bond donors (Lipinski definition) is 2. The highest BCUT2D eigenvalue weighted by Crippen LogP contribution is 1.79. The predicted octanol–water partition coefficient (Wildman–Crippen LogP) is 0.135. The molecule has 0 amide bonds. The van der Waals surface area contributed by atoms with E-state index in [9.17, 15) is 0 Å². The molecule has 0 saturated carbocycles. The molecule has 0 aromatic heterocycles. The van der Waals surface area contributed by atoms with Crippen molar-refractivity contribution in [1.82, 2.24) is 0 Å². The molecule has 0 rings (SSSR count). The summed E-state index contributed by atoms with van der Waals surface area (Å²) in [5, 5.41) is 0. The summed E-state index contributed by atoms with van der Waals surface area (Å²) in [6.45, 7) is 1.79. The van der Waals surface area contributed by atoms with Crippen LogP contribution in [0.2, 0.25) is 0 Å². The van der Waals surface area contributed by atoms with Gasteiger partial charge in [0, 0.05) is 0 Å². The van der Waals surface area contributed by atoms with Gasteiger partial charge in [-0.1, -0.05) is 18.3 Å². The zero-order valence-corrected chi connectivity index (χ0v) is 4.96. The summed E-state index contributed by atoms with van der Waals surface area (Å²) in [6, 6.07) is 0. The fraction of sp³-hybridized carbons (Fsp3) is 0.250. The van der Waals surface area contributed by atoms with Gasteiger partial charge in [0.05, 0.1) is 5.70 Å². The second-order valence-corrected chi connectivity index (χ2v) is 1.55. The maximum atomic E-state index is 5.21. The van der Waals surface area contributed by atoms with Gasteiger partial charge >= 0.3 is 0 Å². The lowest BCUT2D eigenvalue weighted by atomic mass is 10.4. The Balaban J connectivity index is 3.82. The minimum absolute atomic E-state index is 0.266. The third kappa shape index (κ3) is 2.17. The molecule has 2 nitrogen and oxygen atoms in total. The highest BCUT2D eigenvalue weighted by atomic mass is 32.1. The molecule has 4 N–H and O–H groups in total. The molecule has 0 heterocycles. The van der Waals surface area contributed by atoms with E-state index in [1.165, 1.54) is 0 Å². The lowest BCUT2D eigenvalue weighted by molar-refractivity contribution is 1.43. The van der Waals surface area contributed by atoms with E-state index >= 15 is 0 Å². The van der Waals surface area contributed by atoms with Gasteiger partial charge in [-0.25, -0.2) is 0 Å². The van der Waals surface area contributed by atoms with E-state index in [1.54, 1.807) is 13.0 Å². The van der Waals surface area contributed by atoms with E-state index in [-0.39, 0.29) is 4.99 Å². The fourth-order valence-corrected chi connectivity index (χ4v) is 0.260. The van der Waals surface area contributed by atoms with Crippen LogP contribution in [0.25, 0.3) is 0 Å². The van der Waals surface area contributed by atoms with Crippen molar-refractivity contribution in [3.8, 4) is 0 Å². The fourth-order valence-electron chi connectivity index (χ4n) is 0.142. The smallest absolute Gasteiger partial charge is 0.119 e. The van der Waals surface area contributed by atoms with E-state index in [2.05, 4.69) is 12.2 Å². The Morgan fingerprint density at radius 2 is 2.00 bits per heavy atom. The van der Waals surface area contributed by atoms with Crippen LogP contribution in [0.3, 0.4) is 0 Å². The lowest BCUT2D eigenvalue weighted by Crippen LogP contribution is -2.17. The van der Waals surface area contributed by atoms with E-state index < -0.39 is 0 Å². The largest absolute Gasteiger partial charge is 0.397 e. The summed E-state index contributed by atoms with van der Waals surface area (Å²) >= 11 is 4.50. The Morgan fingerprint density at radius 1 is 1.57 bits per heavy atom. The number of rotatable bonds is 1. The molecule has 0 aromatic carbocycles. The first-order valence-corrected chi connectivity index (χ1v) is 2.31. The van der Waals surface area contributed by atoms with Gasteiger partial charge in [0.2, 0.25) is 0 Å². The molecule has 0 aliphatic carbocycles. The summed E-state index contributed by atoms with van der Waals surface area (Å²) in [4.78, 5) is 0.266. The minimum Gasteiger partial charge on any atom is -0.397 e. The summed E-state index contributed by atoms with van der Waals surface area (Å²) in [5.41, 5.74) is 10.8. The SMILES string of the molecule is C/C=C(\N)C(N)=S. The van der Waals surface area contributed by atoms with Crippen molar-refractivity contribution >= 4 is 17.2 Å². The van der Waals surface area contributed by atoms with Crippen molar-refractivity contribution in [2.24, 2.45) is 11.5 Å². The minimum atomic E-state index is 0.266. The molecule has 0 aliphatic heterocycles. The van der Waals surface area contributed by atoms with Gasteiger partial charge in [-0.2, -0.15) is 0 Å². The van der Waals surface area contributed by atoms with Crippen molar-refractivity contribution in [2.45, 2.75) is 6.92 Å². The second-order valence-electron chi connectivity index (χ2n) is 1.11. The molecule has 0 aromatic rings. The quantitative estimate of drug-likeness (QED) is 0.378. The maximum Gasteiger partial charge on any atom is 0.119 e. The van der Waals surface area contributed by atoms with Crippen LogP contribution in [0.4, 0.5) is 0 Å². The third-order valence-electron chi connectivity index (χ3n) is 0.596. The van der Waals surface area contributed by atoms with Crippen molar-refractivity contribution in [3.05, 3.63) is 11.8 Å². The Morgan fingerprint density at radius 3 is 2.00 bits per heavy atom. The van der Waals surface area contributed by atoms with Gasteiger partial charge in [-0.15, -0.1) is 0 Å². The number of allylic oxidation sites excluding steroid dienone is 1. The zero-order valence-electron chi connectivity index (χ0n) is 4.14. The van der Waals surface area contributed by atoms with Gasteiger partial charge in [-0.3, -0.25) is 0 Å². The van der Waals surface area contributed by atoms with Crippen molar-refractivity contribution < 1.29 is 0 Å². The van der Waals surface area contributed by atoms with Crippen molar-refractivity contribution in [1.29, 1.82) is 0 Å². The normalized spacial score (nSPS) is 11.3. The Bertz CT molecular complexity index is 106. The zero-order chi connectivity index (χ0) is 5.86. The number of thiocarbonyl (C=S) groups is 1. The first-order chi connectivity index (χ1) is 3.18. The van der Waals surface area contributed by atoms with Crippen LogP contribution in [0.5, 0.6) is 0 Å². The van der Waals surface area contributed by atoms with E-state index in [1.807, 2.05) is 0 Å². The van der Waals surface area contributed by atoms with Gasteiger partial charge in [-0.05, 0) is 6.92 Å². The van der Waals surface area contributed by atoms with Crippen molar-refractivity contribution in [3.63, 3.8) is 0 Å². The highest BCUT2D eigenvalue weighted by molar-refractivity contribution is 7.80. The van der Waals surface area contributed by atoms with Crippen LogP contribution in [0, 0.1) is 0 Å². The van der Waals surface area contributed by atoms with Crippen LogP contribution < -0.4 is 11.5 Å². The summed E-state index contributed by atoms with van der Waals surface area (Å²) < 4.78 is 0. The Kier molecular flexibility index (Phi) is 2.37. The van der Waals surface area contributed by atoms with Crippen LogP contribution in [0.1, 0.15) is 6.92 Å². The predicted molar refractivity (Wildman–Crippen MR) is 34.7 cm³/mol. The lowest BCUT2D eigenvalue weighted by Gasteiger charge is -1.90. The van der Waals surface area contributed by atoms with Crippen molar-refractivity contribution in [2.75, 3.05) is 0 Å². The molecule has 0 radical (unpaired) electrons. The van der Waals surface area contributed by atoms with Gasteiger partial charge < -0.3 is 11.5 Å². The van der Waals surface area contributed by atoms with E-state index in [0.29, 0.717) is 5.70 Å². The summed E-state index contributed by atoms with van der Waals surface area (Å²) in [6.07, 6.45) is 1.67. The topological polar surface area (TPSA) is 52.0 Å². The second kappa shape index (κ2) is 2.58. The number of hydrogen-bond acceptors (Lipinski definition) is 2. The molecule has 7 heavy (non-hydrogen) atoms. The molecule has 0 atom stereocenters. The standard InChI is InChI=1S/C4H8N2S/c1-2-3(5)4(6)7/h2H,5H2,1H3,(H2,6,7)/b3-2-. The molecular formula is C4H8N2S. The van der Waals surface area contributed by atoms with Gasteiger partial charge in [0.25, 0.3) is 0 Å². The Hall–Kier alpha value is -0.570. The average molecular weight is 116 g/mol. The van der Waals surface area contributed by atoms with Crippen LogP contribution >= 0.6 is 12.2 Å². The highest BCUT2D eigenvalue weighted by Gasteiger charge is 1.85. The molecule has 0 spiro atoms. The Labute approximate surface area is 48.2 Å². The first kappa shape index (κ1) is 6.43. The molecule has 0 bridgehead atoms. The molecule has 0 fully saturated rings. The molecular weight excluding hydrogens is 108 g/mol. The molecule has 3 heteroatoms. The number of nitrogens with two attached hydrogens (primary N) is 2. The van der Waals surface area contributed by atoms with Crippen LogP contribution in [-0.4, -0.2) is 4.99 Å². The molecule has 0 unspecified atom stereocenters. The monoisotopic (exact) mass is 116 g/mol. The summed E-state index contributed by atoms with van der Waals surface area (Å²) in [5.74, 6) is 0. The molecule has 0 saturated heterocycles. The average Bonchev–Trinajstić information content (AvgIpc) is 1.65. The summed E-state index contributed by atoms with van der Waals surface area (Å²) in [7, 11) is 0. The first-order valence-electron chi connectivity index (χ1n) is 1.90. The molecule has 40 valence electrons. The van der Waals surface area contributed by atoms with Crippen LogP contribution in [0.15, 0.2) is 11.8 Å². The third-order valence-corrected chi connectivity index (χ3v) is 0.831. The van der Waals surface area contributed by atoms with E-state index in [4.69, 9.17) is 11.5 Å². The van der Waals surface area contributed by atoms with Crippen LogP contribution in [-0.2, 0) is 0 Å². The molecule has 0 aliphatic rings. The maximum absolute atomic E-state index is 5.21. The van der Waals surface area contributed by atoms with Gasteiger partial charge in [0.1, 0.15) is 4.99 Å². The van der Waals surface area contributed by atoms with E-state index in [0.717, 1.165) is 0 Å².